The lowest BCUT2D eigenvalue weighted by Gasteiger charge is -2.32. The van der Waals surface area contributed by atoms with Crippen LogP contribution in [0.15, 0.2) is 122 Å². The summed E-state index contributed by atoms with van der Waals surface area (Å²) in [6.07, 6.45) is 3.49. The number of pyridine rings is 2. The zero-order valence-corrected chi connectivity index (χ0v) is 21.6. The summed E-state index contributed by atoms with van der Waals surface area (Å²) in [6.45, 7) is 7.31. The minimum Gasteiger partial charge on any atom is -0.359 e. The third-order valence-electron chi connectivity index (χ3n) is 6.51. The SMILES string of the molecule is [C-]#[N+]c1ccn(-c2cccc([Si](c3ccccc3)(c3ccccc3)c3cccc(-n4ccc(C#N)n4)n3)n2)n1. The van der Waals surface area contributed by atoms with Gasteiger partial charge in [0.1, 0.15) is 6.07 Å². The predicted molar refractivity (Wildman–Crippen MR) is 151 cm³/mol. The molecule has 0 aliphatic carbocycles. The molecule has 0 aliphatic rings. The van der Waals surface area contributed by atoms with Crippen molar-refractivity contribution in [1.82, 2.24) is 29.5 Å². The minimum absolute atomic E-state index is 0.308. The van der Waals surface area contributed by atoms with Crippen molar-refractivity contribution < 1.29 is 0 Å². The Balaban J connectivity index is 1.65. The Morgan fingerprint density at radius 1 is 0.641 bits per heavy atom. The molecule has 4 aromatic heterocycles. The van der Waals surface area contributed by atoms with Gasteiger partial charge in [0, 0.05) is 23.0 Å². The Morgan fingerprint density at radius 3 is 1.67 bits per heavy atom. The van der Waals surface area contributed by atoms with E-state index in [1.807, 2.05) is 72.8 Å². The molecule has 0 amide bonds. The number of aromatic nitrogens is 6. The number of rotatable bonds is 6. The Labute approximate surface area is 225 Å². The van der Waals surface area contributed by atoms with Crippen LogP contribution in [-0.4, -0.2) is 37.6 Å². The van der Waals surface area contributed by atoms with Gasteiger partial charge in [0.25, 0.3) is 5.82 Å². The zero-order chi connectivity index (χ0) is 26.7. The molecule has 0 fully saturated rings. The molecule has 6 aromatic rings. The van der Waals surface area contributed by atoms with Crippen molar-refractivity contribution in [1.29, 1.82) is 5.26 Å². The van der Waals surface area contributed by atoms with Crippen molar-refractivity contribution in [3.05, 3.63) is 139 Å². The molecule has 184 valence electrons. The van der Waals surface area contributed by atoms with Crippen LogP contribution in [0.4, 0.5) is 5.82 Å². The van der Waals surface area contributed by atoms with Crippen LogP contribution in [-0.2, 0) is 0 Å². The largest absolute Gasteiger partial charge is 0.359 e. The van der Waals surface area contributed by atoms with Crippen molar-refractivity contribution in [3.63, 3.8) is 0 Å². The highest BCUT2D eigenvalue weighted by Gasteiger charge is 2.45. The molecular formula is C30H20N8Si. The lowest BCUT2D eigenvalue weighted by Crippen LogP contribution is -2.76. The first-order valence-corrected chi connectivity index (χ1v) is 14.2. The number of hydrogen-bond acceptors (Lipinski definition) is 5. The molecule has 9 heteroatoms. The van der Waals surface area contributed by atoms with E-state index in [1.165, 1.54) is 0 Å². The van der Waals surface area contributed by atoms with Crippen LogP contribution in [0.1, 0.15) is 5.69 Å². The lowest BCUT2D eigenvalue weighted by atomic mass is 10.4. The van der Waals surface area contributed by atoms with Gasteiger partial charge in [-0.1, -0.05) is 79.4 Å². The van der Waals surface area contributed by atoms with E-state index < -0.39 is 8.07 Å². The summed E-state index contributed by atoms with van der Waals surface area (Å²) in [6, 6.07) is 37.9. The molecule has 0 aliphatic heterocycles. The average molecular weight is 521 g/mol. The van der Waals surface area contributed by atoms with Crippen LogP contribution in [0.3, 0.4) is 0 Å². The minimum atomic E-state index is -3.06. The smallest absolute Gasteiger partial charge is 0.295 e. The maximum absolute atomic E-state index is 9.29. The van der Waals surface area contributed by atoms with E-state index in [0.29, 0.717) is 23.1 Å². The predicted octanol–water partition coefficient (Wildman–Crippen LogP) is 2.65. The van der Waals surface area contributed by atoms with Gasteiger partial charge in [-0.15, -0.1) is 4.68 Å². The number of nitrogens with zero attached hydrogens (tertiary/aromatic N) is 8. The molecule has 0 N–H and O–H groups in total. The lowest BCUT2D eigenvalue weighted by molar-refractivity contribution is 0.844. The van der Waals surface area contributed by atoms with E-state index in [1.54, 1.807) is 33.9 Å². The fourth-order valence-corrected chi connectivity index (χ4v) is 9.22. The first-order valence-electron chi connectivity index (χ1n) is 12.2. The Hall–Kier alpha value is -5.64. The van der Waals surface area contributed by atoms with E-state index in [4.69, 9.17) is 16.5 Å². The Kier molecular flexibility index (Phi) is 6.10. The van der Waals surface area contributed by atoms with Gasteiger partial charge in [0.2, 0.25) is 8.07 Å². The van der Waals surface area contributed by atoms with Gasteiger partial charge in [-0.25, -0.2) is 14.6 Å². The van der Waals surface area contributed by atoms with Crippen LogP contribution in [0.2, 0.25) is 0 Å². The molecule has 0 bridgehead atoms. The van der Waals surface area contributed by atoms with Crippen molar-refractivity contribution in [2.75, 3.05) is 0 Å². The summed E-state index contributed by atoms with van der Waals surface area (Å²) in [7, 11) is -3.06. The standard InChI is InChI=1S/C30H20N8Si/c1-32-26-19-21-38(36-26)28-15-9-17-30(34-28)39(24-10-4-2-5-11-24,25-12-6-3-7-13-25)29-16-8-14-27(33-29)37-20-18-23(22-31)35-37/h2-21H. The average Bonchev–Trinajstić information content (AvgIpc) is 3.70. The number of nitriles is 1. The van der Waals surface area contributed by atoms with Gasteiger partial charge in [-0.2, -0.15) is 10.4 Å². The van der Waals surface area contributed by atoms with Crippen LogP contribution in [0.25, 0.3) is 16.5 Å². The third kappa shape index (κ3) is 4.19. The summed E-state index contributed by atoms with van der Waals surface area (Å²) in [4.78, 5) is 13.8. The van der Waals surface area contributed by atoms with E-state index >= 15 is 0 Å². The molecule has 6 rings (SSSR count). The summed E-state index contributed by atoms with van der Waals surface area (Å²) >= 11 is 0. The molecule has 39 heavy (non-hydrogen) atoms. The summed E-state index contributed by atoms with van der Waals surface area (Å²) in [5.41, 5.74) is 0.323. The van der Waals surface area contributed by atoms with E-state index in [2.05, 4.69) is 45.4 Å². The normalized spacial score (nSPS) is 11.0. The third-order valence-corrected chi connectivity index (χ3v) is 11.0. The van der Waals surface area contributed by atoms with Gasteiger partial charge in [-0.3, -0.25) is 0 Å². The molecule has 0 unspecified atom stereocenters. The highest BCUT2D eigenvalue weighted by molar-refractivity contribution is 7.19. The number of benzene rings is 2. The molecule has 0 saturated heterocycles. The van der Waals surface area contributed by atoms with Crippen molar-refractivity contribution in [2.45, 2.75) is 0 Å². The first kappa shape index (κ1) is 23.7. The summed E-state index contributed by atoms with van der Waals surface area (Å²) in [5, 5.41) is 22.0. The van der Waals surface area contributed by atoms with Crippen molar-refractivity contribution in [2.24, 2.45) is 0 Å². The second-order valence-corrected chi connectivity index (χ2v) is 12.4. The maximum Gasteiger partial charge on any atom is 0.295 e. The van der Waals surface area contributed by atoms with Gasteiger partial charge in [-0.05, 0) is 51.9 Å². The molecule has 0 spiro atoms. The molecular weight excluding hydrogens is 500 g/mol. The molecule has 0 saturated carbocycles. The van der Waals surface area contributed by atoms with Gasteiger partial charge < -0.3 is 4.85 Å². The van der Waals surface area contributed by atoms with Gasteiger partial charge in [0.15, 0.2) is 17.3 Å². The van der Waals surface area contributed by atoms with E-state index in [0.717, 1.165) is 21.0 Å². The van der Waals surface area contributed by atoms with E-state index in [-0.39, 0.29) is 0 Å². The van der Waals surface area contributed by atoms with Crippen LogP contribution in [0, 0.1) is 17.9 Å². The van der Waals surface area contributed by atoms with Crippen LogP contribution in [0.5, 0.6) is 0 Å². The van der Waals surface area contributed by atoms with Crippen molar-refractivity contribution in [3.8, 4) is 17.7 Å². The highest BCUT2D eigenvalue weighted by Crippen LogP contribution is 2.13. The maximum atomic E-state index is 9.29. The van der Waals surface area contributed by atoms with Crippen LogP contribution >= 0.6 is 0 Å². The molecule has 8 nitrogen and oxygen atoms in total. The van der Waals surface area contributed by atoms with Crippen LogP contribution < -0.4 is 21.0 Å². The zero-order valence-electron chi connectivity index (χ0n) is 20.6. The van der Waals surface area contributed by atoms with E-state index in [9.17, 15) is 5.26 Å². The topological polar surface area (TPSA) is 89.6 Å². The number of hydrogen-bond donors (Lipinski definition) is 0. The fourth-order valence-electron chi connectivity index (χ4n) is 4.80. The quantitative estimate of drug-likeness (QED) is 0.249. The summed E-state index contributed by atoms with van der Waals surface area (Å²) in [5.74, 6) is 1.54. The van der Waals surface area contributed by atoms with Gasteiger partial charge in [0.05, 0.1) is 0 Å². The first-order chi connectivity index (χ1) is 19.2. The Morgan fingerprint density at radius 2 is 1.18 bits per heavy atom. The molecule has 0 atom stereocenters. The Bertz CT molecular complexity index is 1710. The molecule has 2 aromatic carbocycles. The monoisotopic (exact) mass is 520 g/mol. The molecule has 4 heterocycles. The van der Waals surface area contributed by atoms with Crippen molar-refractivity contribution >= 4 is 34.9 Å². The summed E-state index contributed by atoms with van der Waals surface area (Å²) < 4.78 is 3.25. The highest BCUT2D eigenvalue weighted by atomic mass is 28.3. The molecule has 0 radical (unpaired) electrons. The van der Waals surface area contributed by atoms with Gasteiger partial charge >= 0.3 is 0 Å². The second-order valence-electron chi connectivity index (χ2n) is 8.73. The second kappa shape index (κ2) is 10.0. The fraction of sp³-hybridized carbons (Fsp3) is 0.